The van der Waals surface area contributed by atoms with E-state index in [1.807, 2.05) is 18.2 Å². The van der Waals surface area contributed by atoms with Crippen LogP contribution in [0.1, 0.15) is 27.9 Å². The van der Waals surface area contributed by atoms with Gasteiger partial charge in [0.2, 0.25) is 0 Å². The Morgan fingerprint density at radius 2 is 1.53 bits per heavy atom. The van der Waals surface area contributed by atoms with Crippen molar-refractivity contribution in [2.24, 2.45) is 4.99 Å². The molecule has 1 heterocycles. The predicted octanol–water partition coefficient (Wildman–Crippen LogP) is 3.25. The fraction of sp³-hybridized carbons (Fsp3) is 0.125. The summed E-state index contributed by atoms with van der Waals surface area (Å²) >= 11 is 0. The van der Waals surface area contributed by atoms with E-state index in [4.69, 9.17) is 0 Å². The zero-order valence-corrected chi connectivity index (χ0v) is 10.3. The van der Waals surface area contributed by atoms with Crippen molar-refractivity contribution in [3.63, 3.8) is 0 Å². The molecule has 0 N–H and O–H groups in total. The van der Waals surface area contributed by atoms with E-state index in [-0.39, 0.29) is 11.6 Å². The van der Waals surface area contributed by atoms with Crippen molar-refractivity contribution in [1.82, 2.24) is 0 Å². The van der Waals surface area contributed by atoms with Crippen molar-refractivity contribution in [2.45, 2.75) is 6.42 Å². The molecule has 3 rings (SSSR count). The molecular formula is C16H12FNO. The standard InChI is InChI=1S/C16H12FNO/c17-14-8-4-3-7-13(14)16-12-6-2-1-5-11(12)15(19)9-10-18-16/h1-8H,9-10H2. The van der Waals surface area contributed by atoms with Gasteiger partial charge in [-0.1, -0.05) is 36.4 Å². The number of aliphatic imine (C=N–C) groups is 1. The third kappa shape index (κ3) is 2.08. The minimum atomic E-state index is -0.314. The summed E-state index contributed by atoms with van der Waals surface area (Å²) in [6.45, 7) is 0.400. The first-order chi connectivity index (χ1) is 9.27. The van der Waals surface area contributed by atoms with E-state index >= 15 is 0 Å². The maximum atomic E-state index is 13.9. The zero-order chi connectivity index (χ0) is 13.2. The minimum Gasteiger partial charge on any atom is -0.294 e. The molecule has 2 aromatic carbocycles. The number of hydrogen-bond acceptors (Lipinski definition) is 2. The number of fused-ring (bicyclic) bond motifs is 1. The second-order valence-corrected chi connectivity index (χ2v) is 4.43. The summed E-state index contributed by atoms with van der Waals surface area (Å²) in [6.07, 6.45) is 0.370. The summed E-state index contributed by atoms with van der Waals surface area (Å²) in [6, 6.07) is 13.8. The molecule has 2 aromatic rings. The third-order valence-corrected chi connectivity index (χ3v) is 3.22. The summed E-state index contributed by atoms with van der Waals surface area (Å²) in [5, 5.41) is 0. The van der Waals surface area contributed by atoms with Gasteiger partial charge in [-0.3, -0.25) is 9.79 Å². The van der Waals surface area contributed by atoms with Crippen LogP contribution in [0.15, 0.2) is 53.5 Å². The van der Waals surface area contributed by atoms with E-state index in [1.165, 1.54) is 6.07 Å². The highest BCUT2D eigenvalue weighted by atomic mass is 19.1. The first-order valence-corrected chi connectivity index (χ1v) is 6.19. The average molecular weight is 253 g/mol. The lowest BCUT2D eigenvalue weighted by molar-refractivity contribution is 0.0986. The molecule has 0 bridgehead atoms. The van der Waals surface area contributed by atoms with Gasteiger partial charge < -0.3 is 0 Å². The molecule has 0 atom stereocenters. The highest BCUT2D eigenvalue weighted by molar-refractivity contribution is 6.19. The van der Waals surface area contributed by atoms with Gasteiger partial charge in [-0.2, -0.15) is 0 Å². The van der Waals surface area contributed by atoms with E-state index in [2.05, 4.69) is 4.99 Å². The van der Waals surface area contributed by atoms with Crippen LogP contribution in [0.4, 0.5) is 4.39 Å². The third-order valence-electron chi connectivity index (χ3n) is 3.22. The van der Waals surface area contributed by atoms with Gasteiger partial charge in [-0.25, -0.2) is 4.39 Å². The molecule has 0 spiro atoms. The van der Waals surface area contributed by atoms with Gasteiger partial charge in [0, 0.05) is 29.7 Å². The Hall–Kier alpha value is -2.29. The van der Waals surface area contributed by atoms with Gasteiger partial charge >= 0.3 is 0 Å². The van der Waals surface area contributed by atoms with E-state index in [9.17, 15) is 9.18 Å². The van der Waals surface area contributed by atoms with E-state index < -0.39 is 0 Å². The number of halogens is 1. The van der Waals surface area contributed by atoms with E-state index in [0.29, 0.717) is 29.8 Å². The van der Waals surface area contributed by atoms with Crippen molar-refractivity contribution < 1.29 is 9.18 Å². The lowest BCUT2D eigenvalue weighted by Gasteiger charge is -2.09. The molecule has 2 nitrogen and oxygen atoms in total. The van der Waals surface area contributed by atoms with E-state index in [1.54, 1.807) is 24.3 Å². The van der Waals surface area contributed by atoms with E-state index in [0.717, 1.165) is 5.56 Å². The monoisotopic (exact) mass is 253 g/mol. The number of Topliss-reactive ketones (excluding diaryl/α,β-unsaturated/α-hetero) is 1. The number of rotatable bonds is 1. The highest BCUT2D eigenvalue weighted by Gasteiger charge is 2.20. The van der Waals surface area contributed by atoms with Crippen molar-refractivity contribution in [2.75, 3.05) is 6.54 Å². The van der Waals surface area contributed by atoms with Crippen molar-refractivity contribution >= 4 is 11.5 Å². The fourth-order valence-corrected chi connectivity index (χ4v) is 2.31. The first-order valence-electron chi connectivity index (χ1n) is 6.19. The summed E-state index contributed by atoms with van der Waals surface area (Å²) < 4.78 is 13.9. The SMILES string of the molecule is O=C1CCN=C(c2ccccc2F)c2ccccc21. The van der Waals surface area contributed by atoms with Crippen LogP contribution in [-0.2, 0) is 0 Å². The molecule has 0 unspecified atom stereocenters. The minimum absolute atomic E-state index is 0.0608. The first kappa shape index (κ1) is 11.8. The van der Waals surface area contributed by atoms with Crippen LogP contribution < -0.4 is 0 Å². The van der Waals surface area contributed by atoms with Crippen LogP contribution in [-0.4, -0.2) is 18.0 Å². The number of ketones is 1. The van der Waals surface area contributed by atoms with Crippen LogP contribution in [0.2, 0.25) is 0 Å². The van der Waals surface area contributed by atoms with Gasteiger partial charge in [-0.15, -0.1) is 0 Å². The van der Waals surface area contributed by atoms with Gasteiger partial charge in [0.05, 0.1) is 5.71 Å². The lowest BCUT2D eigenvalue weighted by Crippen LogP contribution is -2.09. The topological polar surface area (TPSA) is 29.4 Å². The fourth-order valence-electron chi connectivity index (χ4n) is 2.31. The van der Waals surface area contributed by atoms with Crippen LogP contribution in [0.3, 0.4) is 0 Å². The molecule has 0 radical (unpaired) electrons. The number of carbonyl (C=O) groups is 1. The Kier molecular flexibility index (Phi) is 2.95. The second kappa shape index (κ2) is 4.76. The van der Waals surface area contributed by atoms with Crippen molar-refractivity contribution in [1.29, 1.82) is 0 Å². The smallest absolute Gasteiger partial charge is 0.165 e. The molecule has 0 aliphatic carbocycles. The van der Waals surface area contributed by atoms with Gasteiger partial charge in [0.25, 0.3) is 0 Å². The van der Waals surface area contributed by atoms with Crippen LogP contribution >= 0.6 is 0 Å². The molecule has 94 valence electrons. The summed E-state index contributed by atoms with van der Waals surface area (Å²) in [4.78, 5) is 16.4. The van der Waals surface area contributed by atoms with Crippen LogP contribution in [0.25, 0.3) is 0 Å². The number of benzene rings is 2. The Bertz CT molecular complexity index is 676. The maximum Gasteiger partial charge on any atom is 0.165 e. The predicted molar refractivity (Wildman–Crippen MR) is 72.3 cm³/mol. The Labute approximate surface area is 110 Å². The summed E-state index contributed by atoms with van der Waals surface area (Å²) in [5.41, 5.74) is 2.36. The number of nitrogens with zero attached hydrogens (tertiary/aromatic N) is 1. The number of hydrogen-bond donors (Lipinski definition) is 0. The highest BCUT2D eigenvalue weighted by Crippen LogP contribution is 2.21. The largest absolute Gasteiger partial charge is 0.294 e. The quantitative estimate of drug-likeness (QED) is 0.767. The lowest BCUT2D eigenvalue weighted by atomic mass is 9.95. The van der Waals surface area contributed by atoms with Gasteiger partial charge in [0.15, 0.2) is 5.78 Å². The zero-order valence-electron chi connectivity index (χ0n) is 10.3. The normalized spacial score (nSPS) is 14.6. The molecular weight excluding hydrogens is 241 g/mol. The second-order valence-electron chi connectivity index (χ2n) is 4.43. The molecule has 0 saturated heterocycles. The maximum absolute atomic E-state index is 13.9. The van der Waals surface area contributed by atoms with Crippen LogP contribution in [0.5, 0.6) is 0 Å². The molecule has 1 aliphatic rings. The van der Waals surface area contributed by atoms with Gasteiger partial charge in [-0.05, 0) is 12.1 Å². The van der Waals surface area contributed by atoms with Gasteiger partial charge in [0.1, 0.15) is 5.82 Å². The Balaban J connectivity index is 2.22. The molecule has 0 amide bonds. The molecule has 3 heteroatoms. The molecule has 1 aliphatic heterocycles. The van der Waals surface area contributed by atoms with Crippen LogP contribution in [0, 0.1) is 5.82 Å². The molecule has 0 fully saturated rings. The molecule has 19 heavy (non-hydrogen) atoms. The van der Waals surface area contributed by atoms with Crippen molar-refractivity contribution in [3.05, 3.63) is 71.0 Å². The Morgan fingerprint density at radius 1 is 0.895 bits per heavy atom. The van der Waals surface area contributed by atoms with Crippen molar-refractivity contribution in [3.8, 4) is 0 Å². The molecule has 0 saturated carbocycles. The Morgan fingerprint density at radius 3 is 2.26 bits per heavy atom. The summed E-state index contributed by atoms with van der Waals surface area (Å²) in [5.74, 6) is -0.254. The molecule has 0 aromatic heterocycles. The number of carbonyl (C=O) groups excluding carboxylic acids is 1. The average Bonchev–Trinajstić information content (AvgIpc) is 2.60. The summed E-state index contributed by atoms with van der Waals surface area (Å²) in [7, 11) is 0.